The number of fused-ring (bicyclic) bond motifs is 1. The standard InChI is InChI=1S/C28H36N4O5S/c1-16-10-23(38-5)21(25(33)30-16)11-29-26(34)24-17(2)32(22-9-7-6-8-20(22)24)18(3)27-36-12-19(13-37-27)31-28(4)14-35-15-28/h6-10,18-19,27,31H,11-15H2,1-5H3,(H,29,34)(H,30,33). The summed E-state index contributed by atoms with van der Waals surface area (Å²) in [5, 5.41) is 7.41. The number of carbonyl (C=O) groups excluding carboxylic acids is 1. The van der Waals surface area contributed by atoms with Crippen LogP contribution in [0.1, 0.15) is 47.2 Å². The van der Waals surface area contributed by atoms with Crippen molar-refractivity contribution < 1.29 is 19.0 Å². The summed E-state index contributed by atoms with van der Waals surface area (Å²) < 4.78 is 19.8. The van der Waals surface area contributed by atoms with Crippen molar-refractivity contribution in [1.29, 1.82) is 0 Å². The second-order valence-corrected chi connectivity index (χ2v) is 11.4. The molecular formula is C28H36N4O5S. The molecule has 9 nitrogen and oxygen atoms in total. The van der Waals surface area contributed by atoms with E-state index in [0.717, 1.165) is 27.2 Å². The fraction of sp³-hybridized carbons (Fsp3) is 0.500. The Morgan fingerprint density at radius 3 is 2.61 bits per heavy atom. The van der Waals surface area contributed by atoms with E-state index in [0.29, 0.717) is 37.6 Å². The predicted molar refractivity (Wildman–Crippen MR) is 148 cm³/mol. The van der Waals surface area contributed by atoms with E-state index in [9.17, 15) is 9.59 Å². The first-order valence-electron chi connectivity index (χ1n) is 12.9. The summed E-state index contributed by atoms with van der Waals surface area (Å²) in [6.45, 7) is 10.6. The summed E-state index contributed by atoms with van der Waals surface area (Å²) >= 11 is 1.49. The molecule has 2 aliphatic heterocycles. The first-order chi connectivity index (χ1) is 18.2. The third-order valence-electron chi connectivity index (χ3n) is 7.38. The first-order valence-corrected chi connectivity index (χ1v) is 14.2. The molecular weight excluding hydrogens is 504 g/mol. The highest BCUT2D eigenvalue weighted by atomic mass is 32.2. The molecule has 0 spiro atoms. The molecule has 1 unspecified atom stereocenters. The Balaban J connectivity index is 1.35. The van der Waals surface area contributed by atoms with Crippen LogP contribution in [0.5, 0.6) is 0 Å². The number of aryl methyl sites for hydroxylation is 1. The second kappa shape index (κ2) is 10.9. The number of carbonyl (C=O) groups is 1. The minimum Gasteiger partial charge on any atom is -0.377 e. The monoisotopic (exact) mass is 540 g/mol. The van der Waals surface area contributed by atoms with Crippen LogP contribution >= 0.6 is 11.8 Å². The van der Waals surface area contributed by atoms with Crippen molar-refractivity contribution in [2.45, 2.75) is 63.0 Å². The Kier molecular flexibility index (Phi) is 7.70. The summed E-state index contributed by atoms with van der Waals surface area (Å²) in [6.07, 6.45) is 1.48. The van der Waals surface area contributed by atoms with Crippen LogP contribution < -0.4 is 16.2 Å². The Hall–Kier alpha value is -2.63. The van der Waals surface area contributed by atoms with E-state index in [2.05, 4.69) is 34.0 Å². The van der Waals surface area contributed by atoms with Crippen LogP contribution in [0.2, 0.25) is 0 Å². The molecule has 2 fully saturated rings. The minimum absolute atomic E-state index is 0.0225. The Labute approximate surface area is 226 Å². The molecule has 1 aromatic carbocycles. The van der Waals surface area contributed by atoms with Gasteiger partial charge in [0.25, 0.3) is 11.5 Å². The Bertz CT molecular complexity index is 1390. The number of aromatic amines is 1. The number of ether oxygens (including phenoxy) is 3. The molecule has 4 heterocycles. The number of hydrogen-bond donors (Lipinski definition) is 3. The van der Waals surface area contributed by atoms with Gasteiger partial charge in [0.1, 0.15) is 0 Å². The smallest absolute Gasteiger partial charge is 0.254 e. The molecule has 2 saturated heterocycles. The lowest BCUT2D eigenvalue weighted by molar-refractivity contribution is -0.214. The number of H-pyrrole nitrogens is 1. The largest absolute Gasteiger partial charge is 0.377 e. The van der Waals surface area contributed by atoms with Crippen molar-refractivity contribution in [3.8, 4) is 0 Å². The number of nitrogens with zero attached hydrogens (tertiary/aromatic N) is 1. The molecule has 1 atom stereocenters. The SMILES string of the molecule is CSc1cc(C)[nH]c(=O)c1CNC(=O)c1c(C)n(C(C)C2OCC(NC3(C)COC3)CO2)c2ccccc12. The molecule has 0 bridgehead atoms. The van der Waals surface area contributed by atoms with Crippen LogP contribution in [0.15, 0.2) is 40.0 Å². The molecule has 5 rings (SSSR count). The number of rotatable bonds is 8. The van der Waals surface area contributed by atoms with E-state index in [1.54, 1.807) is 0 Å². The van der Waals surface area contributed by atoms with Gasteiger partial charge in [-0.05, 0) is 46.1 Å². The molecule has 2 aliphatic rings. The molecule has 0 aliphatic carbocycles. The number of hydrogen-bond acceptors (Lipinski definition) is 7. The van der Waals surface area contributed by atoms with E-state index >= 15 is 0 Å². The number of thioether (sulfide) groups is 1. The highest BCUT2D eigenvalue weighted by Crippen LogP contribution is 2.32. The van der Waals surface area contributed by atoms with E-state index in [-0.39, 0.29) is 35.6 Å². The maximum absolute atomic E-state index is 13.5. The first kappa shape index (κ1) is 27.0. The summed E-state index contributed by atoms with van der Waals surface area (Å²) in [6, 6.07) is 9.73. The fourth-order valence-electron chi connectivity index (χ4n) is 5.48. The van der Waals surface area contributed by atoms with Crippen molar-refractivity contribution in [3.05, 3.63) is 63.2 Å². The lowest BCUT2D eigenvalue weighted by atomic mass is 9.99. The molecule has 1 amide bonds. The van der Waals surface area contributed by atoms with Gasteiger partial charge < -0.3 is 34.4 Å². The average molecular weight is 541 g/mol. The van der Waals surface area contributed by atoms with Crippen LogP contribution in [0, 0.1) is 13.8 Å². The van der Waals surface area contributed by atoms with E-state index in [1.807, 2.05) is 50.4 Å². The predicted octanol–water partition coefficient (Wildman–Crippen LogP) is 3.28. The lowest BCUT2D eigenvalue weighted by Gasteiger charge is -2.43. The maximum atomic E-state index is 13.5. The van der Waals surface area contributed by atoms with Crippen LogP contribution in [-0.4, -0.2) is 66.0 Å². The average Bonchev–Trinajstić information content (AvgIpc) is 3.18. The molecule has 2 aromatic heterocycles. The van der Waals surface area contributed by atoms with Gasteiger partial charge >= 0.3 is 0 Å². The van der Waals surface area contributed by atoms with E-state index in [1.165, 1.54) is 11.8 Å². The van der Waals surface area contributed by atoms with Gasteiger partial charge in [-0.15, -0.1) is 11.8 Å². The molecule has 204 valence electrons. The van der Waals surface area contributed by atoms with Gasteiger partial charge in [0.05, 0.1) is 49.6 Å². The highest BCUT2D eigenvalue weighted by Gasteiger charge is 2.38. The highest BCUT2D eigenvalue weighted by molar-refractivity contribution is 7.98. The number of benzene rings is 1. The summed E-state index contributed by atoms with van der Waals surface area (Å²) in [4.78, 5) is 29.8. The van der Waals surface area contributed by atoms with Crippen LogP contribution in [0.4, 0.5) is 0 Å². The molecule has 38 heavy (non-hydrogen) atoms. The van der Waals surface area contributed by atoms with Gasteiger partial charge in [-0.1, -0.05) is 18.2 Å². The number of aromatic nitrogens is 2. The van der Waals surface area contributed by atoms with Crippen molar-refractivity contribution in [2.75, 3.05) is 32.7 Å². The number of pyridine rings is 1. The maximum Gasteiger partial charge on any atom is 0.254 e. The summed E-state index contributed by atoms with van der Waals surface area (Å²) in [5.74, 6) is -0.220. The van der Waals surface area contributed by atoms with Gasteiger partial charge in [-0.2, -0.15) is 0 Å². The number of para-hydroxylation sites is 1. The van der Waals surface area contributed by atoms with Crippen molar-refractivity contribution in [3.63, 3.8) is 0 Å². The Morgan fingerprint density at radius 2 is 1.95 bits per heavy atom. The quantitative estimate of drug-likeness (QED) is 0.377. The van der Waals surface area contributed by atoms with Crippen LogP contribution in [0.25, 0.3) is 10.9 Å². The van der Waals surface area contributed by atoms with Gasteiger partial charge in [0, 0.05) is 39.3 Å². The lowest BCUT2D eigenvalue weighted by Crippen LogP contribution is -2.64. The molecule has 3 N–H and O–H groups in total. The normalized spacial score (nSPS) is 21.7. The zero-order chi connectivity index (χ0) is 27.0. The van der Waals surface area contributed by atoms with Crippen LogP contribution in [0.3, 0.4) is 0 Å². The van der Waals surface area contributed by atoms with Gasteiger partial charge in [0.2, 0.25) is 0 Å². The Morgan fingerprint density at radius 1 is 1.24 bits per heavy atom. The summed E-state index contributed by atoms with van der Waals surface area (Å²) in [5.41, 5.74) is 3.50. The second-order valence-electron chi connectivity index (χ2n) is 10.5. The van der Waals surface area contributed by atoms with E-state index < -0.39 is 6.29 Å². The molecule has 3 aromatic rings. The third-order valence-corrected chi connectivity index (χ3v) is 8.18. The third kappa shape index (κ3) is 5.15. The van der Waals surface area contributed by atoms with Crippen molar-refractivity contribution in [2.24, 2.45) is 0 Å². The van der Waals surface area contributed by atoms with Gasteiger partial charge in [-0.25, -0.2) is 0 Å². The van der Waals surface area contributed by atoms with E-state index in [4.69, 9.17) is 14.2 Å². The fourth-order valence-corrected chi connectivity index (χ4v) is 6.19. The van der Waals surface area contributed by atoms with Gasteiger partial charge in [0.15, 0.2) is 6.29 Å². The zero-order valence-electron chi connectivity index (χ0n) is 22.6. The number of amides is 1. The van der Waals surface area contributed by atoms with Gasteiger partial charge in [-0.3, -0.25) is 9.59 Å². The molecule has 0 saturated carbocycles. The van der Waals surface area contributed by atoms with Crippen LogP contribution in [-0.2, 0) is 20.8 Å². The molecule has 10 heteroatoms. The van der Waals surface area contributed by atoms with Crippen molar-refractivity contribution in [1.82, 2.24) is 20.2 Å². The summed E-state index contributed by atoms with van der Waals surface area (Å²) in [7, 11) is 0. The molecule has 0 radical (unpaired) electrons. The number of nitrogens with one attached hydrogen (secondary N) is 3. The topological polar surface area (TPSA) is 107 Å². The minimum atomic E-state index is -0.445. The zero-order valence-corrected chi connectivity index (χ0v) is 23.4. The van der Waals surface area contributed by atoms with Crippen molar-refractivity contribution >= 4 is 28.6 Å².